The maximum atomic E-state index is 11.3. The predicted molar refractivity (Wildman–Crippen MR) is 68.1 cm³/mol. The first-order chi connectivity index (χ1) is 8.06. The van der Waals surface area contributed by atoms with Gasteiger partial charge >= 0.3 is 0 Å². The molecule has 0 unspecified atom stereocenters. The Hall–Kier alpha value is -1.97. The molecular formula is C13H17NO3. The van der Waals surface area contributed by atoms with Crippen molar-refractivity contribution in [2.45, 2.75) is 26.7 Å². The van der Waals surface area contributed by atoms with Gasteiger partial charge in [-0.2, -0.15) is 0 Å². The minimum absolute atomic E-state index is 0.0207. The van der Waals surface area contributed by atoms with Crippen molar-refractivity contribution in [3.63, 3.8) is 0 Å². The number of rotatable bonds is 4. The molecule has 92 valence electrons. The molecule has 0 spiro atoms. The number of nitro groups is 1. The summed E-state index contributed by atoms with van der Waals surface area (Å²) in [5.74, 6) is 0.0207. The number of benzene rings is 1. The fourth-order valence-electron chi connectivity index (χ4n) is 1.41. The largest absolute Gasteiger partial charge is 0.299 e. The molecule has 0 saturated heterocycles. The third kappa shape index (κ3) is 4.18. The summed E-state index contributed by atoms with van der Waals surface area (Å²) < 4.78 is 0. The molecule has 0 amide bonds. The number of carbonyl (C=O) groups is 1. The summed E-state index contributed by atoms with van der Waals surface area (Å²) in [7, 11) is 0. The number of hydrogen-bond donors (Lipinski definition) is 0. The van der Waals surface area contributed by atoms with Crippen molar-refractivity contribution in [2.24, 2.45) is 0 Å². The Kier molecular flexibility index (Phi) is 6.48. The maximum Gasteiger partial charge on any atom is 0.273 e. The predicted octanol–water partition coefficient (Wildman–Crippen LogP) is 3.23. The zero-order valence-corrected chi connectivity index (χ0v) is 10.2. The third-order valence-corrected chi connectivity index (χ3v) is 2.35. The van der Waals surface area contributed by atoms with Crippen LogP contribution in [-0.2, 0) is 11.2 Å². The molecule has 0 aliphatic heterocycles. The topological polar surface area (TPSA) is 60.2 Å². The van der Waals surface area contributed by atoms with Gasteiger partial charge in [0.05, 0.1) is 4.92 Å². The van der Waals surface area contributed by atoms with Crippen LogP contribution in [0.4, 0.5) is 5.69 Å². The van der Waals surface area contributed by atoms with E-state index in [1.165, 1.54) is 6.07 Å². The molecule has 0 heterocycles. The van der Waals surface area contributed by atoms with Gasteiger partial charge in [-0.05, 0) is 12.5 Å². The van der Waals surface area contributed by atoms with Gasteiger partial charge in [-0.15, -0.1) is 13.2 Å². The lowest BCUT2D eigenvalue weighted by molar-refractivity contribution is -0.385. The summed E-state index contributed by atoms with van der Waals surface area (Å²) in [6, 6.07) is 4.85. The van der Waals surface area contributed by atoms with Gasteiger partial charge < -0.3 is 0 Å². The number of ketones is 1. The Balaban J connectivity index is 0.00000121. The number of carbonyl (C=O) groups excluding carboxylic acids is 1. The number of Topliss-reactive ketones (excluding diaryl/α,β-unsaturated/α-hetero) is 1. The molecule has 0 atom stereocenters. The standard InChI is InChI=1S/C11H13NO3.C2H4/c1-3-9(13)7-10-8(2)5-4-6-11(10)12(14)15;1-2/h4-6H,3,7H2,1-2H3;1-2H2. The SMILES string of the molecule is C=C.CCC(=O)Cc1c(C)cccc1[N+](=O)[O-]. The second-order valence-electron chi connectivity index (χ2n) is 3.40. The number of hydrogen-bond acceptors (Lipinski definition) is 3. The third-order valence-electron chi connectivity index (χ3n) is 2.35. The van der Waals surface area contributed by atoms with Gasteiger partial charge in [0.2, 0.25) is 0 Å². The highest BCUT2D eigenvalue weighted by atomic mass is 16.6. The second-order valence-corrected chi connectivity index (χ2v) is 3.40. The highest BCUT2D eigenvalue weighted by Gasteiger charge is 2.17. The first-order valence-corrected chi connectivity index (χ1v) is 5.30. The quantitative estimate of drug-likeness (QED) is 0.457. The average Bonchev–Trinajstić information content (AvgIpc) is 2.33. The number of aryl methyl sites for hydroxylation is 1. The lowest BCUT2D eigenvalue weighted by atomic mass is 10.0. The van der Waals surface area contributed by atoms with Crippen LogP contribution in [0, 0.1) is 17.0 Å². The second kappa shape index (κ2) is 7.33. The molecule has 0 aromatic heterocycles. The summed E-state index contributed by atoms with van der Waals surface area (Å²) in [5, 5.41) is 10.7. The Morgan fingerprint density at radius 2 is 2.00 bits per heavy atom. The summed E-state index contributed by atoms with van der Waals surface area (Å²) in [5.41, 5.74) is 1.37. The van der Waals surface area contributed by atoms with Crippen LogP contribution in [0.5, 0.6) is 0 Å². The molecule has 0 fully saturated rings. The molecular weight excluding hydrogens is 218 g/mol. The van der Waals surface area contributed by atoms with E-state index in [-0.39, 0.29) is 17.9 Å². The summed E-state index contributed by atoms with van der Waals surface area (Å²) >= 11 is 0. The summed E-state index contributed by atoms with van der Waals surface area (Å²) in [4.78, 5) is 21.6. The van der Waals surface area contributed by atoms with Gasteiger partial charge in [0.25, 0.3) is 5.69 Å². The first kappa shape index (κ1) is 15.0. The molecule has 0 N–H and O–H groups in total. The van der Waals surface area contributed by atoms with Gasteiger partial charge in [0.15, 0.2) is 0 Å². The fourth-order valence-corrected chi connectivity index (χ4v) is 1.41. The van der Waals surface area contributed by atoms with Crippen LogP contribution in [0.15, 0.2) is 31.4 Å². The van der Waals surface area contributed by atoms with Gasteiger partial charge in [0.1, 0.15) is 5.78 Å². The molecule has 0 bridgehead atoms. The van der Waals surface area contributed by atoms with E-state index in [2.05, 4.69) is 13.2 Å². The van der Waals surface area contributed by atoms with E-state index in [0.29, 0.717) is 12.0 Å². The Morgan fingerprint density at radius 1 is 1.41 bits per heavy atom. The van der Waals surface area contributed by atoms with Crippen LogP contribution in [0.1, 0.15) is 24.5 Å². The van der Waals surface area contributed by atoms with E-state index in [0.717, 1.165) is 5.56 Å². The van der Waals surface area contributed by atoms with Gasteiger partial charge in [-0.3, -0.25) is 14.9 Å². The van der Waals surface area contributed by atoms with Crippen LogP contribution in [0.3, 0.4) is 0 Å². The van der Waals surface area contributed by atoms with E-state index in [1.54, 1.807) is 26.0 Å². The number of nitrogens with zero attached hydrogens (tertiary/aromatic N) is 1. The molecule has 0 saturated carbocycles. The van der Waals surface area contributed by atoms with Crippen molar-refractivity contribution < 1.29 is 9.72 Å². The van der Waals surface area contributed by atoms with E-state index in [1.807, 2.05) is 0 Å². The highest BCUT2D eigenvalue weighted by molar-refractivity contribution is 5.82. The van der Waals surface area contributed by atoms with Crippen LogP contribution in [0.2, 0.25) is 0 Å². The molecule has 1 rings (SSSR count). The highest BCUT2D eigenvalue weighted by Crippen LogP contribution is 2.22. The first-order valence-electron chi connectivity index (χ1n) is 5.30. The molecule has 0 aliphatic carbocycles. The molecule has 0 radical (unpaired) electrons. The lowest BCUT2D eigenvalue weighted by Crippen LogP contribution is -2.05. The van der Waals surface area contributed by atoms with Crippen LogP contribution in [0.25, 0.3) is 0 Å². The smallest absolute Gasteiger partial charge is 0.273 e. The van der Waals surface area contributed by atoms with E-state index in [4.69, 9.17) is 0 Å². The molecule has 1 aromatic rings. The van der Waals surface area contributed by atoms with Gasteiger partial charge in [-0.1, -0.05) is 19.1 Å². The maximum absolute atomic E-state index is 11.3. The fraction of sp³-hybridized carbons (Fsp3) is 0.308. The van der Waals surface area contributed by atoms with Crippen molar-refractivity contribution in [3.05, 3.63) is 52.6 Å². The minimum atomic E-state index is -0.439. The van der Waals surface area contributed by atoms with Crippen molar-refractivity contribution in [2.75, 3.05) is 0 Å². The molecule has 1 aromatic carbocycles. The van der Waals surface area contributed by atoms with Crippen molar-refractivity contribution in [3.8, 4) is 0 Å². The molecule has 4 nitrogen and oxygen atoms in total. The normalized spacial score (nSPS) is 9.06. The molecule has 4 heteroatoms. The summed E-state index contributed by atoms with van der Waals surface area (Å²) in [6.07, 6.45) is 0.560. The van der Waals surface area contributed by atoms with E-state index < -0.39 is 4.92 Å². The van der Waals surface area contributed by atoms with Crippen LogP contribution >= 0.6 is 0 Å². The number of nitro benzene ring substituents is 1. The lowest BCUT2D eigenvalue weighted by Gasteiger charge is -2.04. The average molecular weight is 235 g/mol. The molecule has 0 aliphatic rings. The monoisotopic (exact) mass is 235 g/mol. The van der Waals surface area contributed by atoms with Crippen molar-refractivity contribution in [1.82, 2.24) is 0 Å². The van der Waals surface area contributed by atoms with Gasteiger partial charge in [-0.25, -0.2) is 0 Å². The van der Waals surface area contributed by atoms with Crippen molar-refractivity contribution in [1.29, 1.82) is 0 Å². The van der Waals surface area contributed by atoms with Crippen molar-refractivity contribution >= 4 is 11.5 Å². The van der Waals surface area contributed by atoms with E-state index >= 15 is 0 Å². The Labute approximate surface area is 101 Å². The Bertz CT molecular complexity index is 413. The van der Waals surface area contributed by atoms with Crippen LogP contribution < -0.4 is 0 Å². The van der Waals surface area contributed by atoms with E-state index in [9.17, 15) is 14.9 Å². The van der Waals surface area contributed by atoms with Crippen LogP contribution in [-0.4, -0.2) is 10.7 Å². The van der Waals surface area contributed by atoms with Gasteiger partial charge in [0, 0.05) is 24.5 Å². The zero-order chi connectivity index (χ0) is 13.4. The summed E-state index contributed by atoms with van der Waals surface area (Å²) in [6.45, 7) is 9.54. The molecule has 17 heavy (non-hydrogen) atoms. The zero-order valence-electron chi connectivity index (χ0n) is 10.2. The minimum Gasteiger partial charge on any atom is -0.299 e. The Morgan fingerprint density at radius 3 is 2.47 bits per heavy atom.